The van der Waals surface area contributed by atoms with Gasteiger partial charge in [-0.2, -0.15) is 13.2 Å². The summed E-state index contributed by atoms with van der Waals surface area (Å²) in [5.41, 5.74) is 0.716. The second-order valence-electron chi connectivity index (χ2n) is 7.35. The van der Waals surface area contributed by atoms with Crippen molar-refractivity contribution in [2.75, 3.05) is 13.7 Å². The number of benzene rings is 2. The number of alkyl halides is 3. The number of fused-ring (bicyclic) bond motifs is 1. The van der Waals surface area contributed by atoms with Crippen molar-refractivity contribution in [3.63, 3.8) is 0 Å². The Kier molecular flexibility index (Phi) is 5.36. The predicted octanol–water partition coefficient (Wildman–Crippen LogP) is 5.14. The Labute approximate surface area is 157 Å². The number of nitrogens with zero attached hydrogens (tertiary/aromatic N) is 1. The van der Waals surface area contributed by atoms with Gasteiger partial charge in [0.2, 0.25) is 5.91 Å². The van der Waals surface area contributed by atoms with Crippen LogP contribution in [0, 0.1) is 5.92 Å². The van der Waals surface area contributed by atoms with Gasteiger partial charge < -0.3 is 9.64 Å². The molecule has 0 radical (unpaired) electrons. The zero-order valence-electron chi connectivity index (χ0n) is 15.7. The number of rotatable bonds is 6. The summed E-state index contributed by atoms with van der Waals surface area (Å²) in [5, 5.41) is 1.88. The summed E-state index contributed by atoms with van der Waals surface area (Å²) in [4.78, 5) is 14.0. The molecule has 0 unspecified atom stereocenters. The van der Waals surface area contributed by atoms with Gasteiger partial charge in [0.1, 0.15) is 12.3 Å². The van der Waals surface area contributed by atoms with Crippen LogP contribution >= 0.6 is 0 Å². The van der Waals surface area contributed by atoms with E-state index in [1.807, 2.05) is 30.3 Å². The second-order valence-corrected chi connectivity index (χ2v) is 7.35. The fraction of sp³-hybridized carbons (Fsp3) is 0.476. The summed E-state index contributed by atoms with van der Waals surface area (Å²) >= 11 is 0. The van der Waals surface area contributed by atoms with Gasteiger partial charge in [0.15, 0.2) is 0 Å². The molecule has 0 N–H and O–H groups in total. The van der Waals surface area contributed by atoms with E-state index in [0.717, 1.165) is 34.3 Å². The third-order valence-electron chi connectivity index (χ3n) is 5.37. The molecule has 0 bridgehead atoms. The van der Waals surface area contributed by atoms with Crippen molar-refractivity contribution in [1.29, 1.82) is 0 Å². The molecule has 1 saturated carbocycles. The maximum absolute atomic E-state index is 13.1. The molecule has 146 valence electrons. The Balaban J connectivity index is 1.86. The summed E-state index contributed by atoms with van der Waals surface area (Å²) in [6.45, 7) is 2.20. The number of amides is 1. The van der Waals surface area contributed by atoms with E-state index in [4.69, 9.17) is 4.74 Å². The van der Waals surface area contributed by atoms with Crippen LogP contribution in [-0.4, -0.2) is 36.7 Å². The molecule has 2 aromatic carbocycles. The van der Waals surface area contributed by atoms with Crippen molar-refractivity contribution in [3.05, 3.63) is 42.0 Å². The van der Waals surface area contributed by atoms with E-state index < -0.39 is 30.6 Å². The average Bonchev–Trinajstić information content (AvgIpc) is 3.48. The molecule has 1 aliphatic carbocycles. The fourth-order valence-corrected chi connectivity index (χ4v) is 3.48. The minimum Gasteiger partial charge on any atom is -0.497 e. The first-order valence-corrected chi connectivity index (χ1v) is 9.14. The van der Waals surface area contributed by atoms with E-state index in [-0.39, 0.29) is 5.92 Å². The van der Waals surface area contributed by atoms with Crippen LogP contribution in [0.2, 0.25) is 0 Å². The Morgan fingerprint density at radius 2 is 1.78 bits per heavy atom. The molecule has 1 amide bonds. The molecule has 3 rings (SSSR count). The summed E-state index contributed by atoms with van der Waals surface area (Å²) in [7, 11) is 1.59. The van der Waals surface area contributed by atoms with Crippen molar-refractivity contribution < 1.29 is 22.7 Å². The van der Waals surface area contributed by atoms with Crippen molar-refractivity contribution in [2.45, 2.75) is 44.8 Å². The summed E-state index contributed by atoms with van der Waals surface area (Å²) in [6.07, 6.45) is -2.64. The molecular formula is C21H24F3NO2. The van der Waals surface area contributed by atoms with Gasteiger partial charge in [-0.1, -0.05) is 24.3 Å². The predicted molar refractivity (Wildman–Crippen MR) is 98.9 cm³/mol. The smallest absolute Gasteiger partial charge is 0.406 e. The van der Waals surface area contributed by atoms with Gasteiger partial charge in [0, 0.05) is 6.04 Å². The molecule has 0 spiro atoms. The van der Waals surface area contributed by atoms with E-state index in [1.165, 1.54) is 0 Å². The van der Waals surface area contributed by atoms with E-state index in [1.54, 1.807) is 27.0 Å². The number of hydrogen-bond donors (Lipinski definition) is 0. The van der Waals surface area contributed by atoms with Crippen LogP contribution in [-0.2, 0) is 4.79 Å². The molecule has 27 heavy (non-hydrogen) atoms. The van der Waals surface area contributed by atoms with Crippen LogP contribution in [0.5, 0.6) is 5.75 Å². The first-order valence-electron chi connectivity index (χ1n) is 9.14. The Bertz CT molecular complexity index is 830. The molecule has 1 fully saturated rings. The minimum absolute atomic E-state index is 0.174. The molecule has 0 aliphatic heterocycles. The zero-order valence-corrected chi connectivity index (χ0v) is 15.7. The second kappa shape index (κ2) is 7.41. The Morgan fingerprint density at radius 3 is 2.37 bits per heavy atom. The molecule has 2 atom stereocenters. The molecule has 0 saturated heterocycles. The first-order chi connectivity index (χ1) is 12.7. The monoisotopic (exact) mass is 379 g/mol. The number of carbonyl (C=O) groups is 1. The number of carbonyl (C=O) groups excluding carboxylic acids is 1. The molecule has 1 aliphatic rings. The van der Waals surface area contributed by atoms with Gasteiger partial charge in [0.25, 0.3) is 0 Å². The number of methoxy groups -OCH3 is 1. The highest BCUT2D eigenvalue weighted by molar-refractivity contribution is 5.88. The third-order valence-corrected chi connectivity index (χ3v) is 5.37. The van der Waals surface area contributed by atoms with Crippen LogP contribution in [0.1, 0.15) is 38.2 Å². The molecule has 6 heteroatoms. The SMILES string of the molecule is COc1ccc2cc([C@H](C)C(=O)N(CC(F)(F)F)[C@@H](C)C3CC3)ccc2c1. The van der Waals surface area contributed by atoms with E-state index in [2.05, 4.69) is 0 Å². The van der Waals surface area contributed by atoms with E-state index >= 15 is 0 Å². The number of ether oxygens (including phenoxy) is 1. The highest BCUT2D eigenvalue weighted by Crippen LogP contribution is 2.37. The lowest BCUT2D eigenvalue weighted by Gasteiger charge is -2.32. The quantitative estimate of drug-likeness (QED) is 0.695. The van der Waals surface area contributed by atoms with Gasteiger partial charge in [-0.05, 0) is 61.1 Å². The van der Waals surface area contributed by atoms with Crippen LogP contribution in [0.15, 0.2) is 36.4 Å². The lowest BCUT2D eigenvalue weighted by atomic mass is 9.95. The summed E-state index contributed by atoms with van der Waals surface area (Å²) in [6, 6.07) is 10.7. The largest absolute Gasteiger partial charge is 0.497 e. The van der Waals surface area contributed by atoms with Crippen LogP contribution < -0.4 is 4.74 Å². The van der Waals surface area contributed by atoms with Gasteiger partial charge in [-0.3, -0.25) is 4.79 Å². The van der Waals surface area contributed by atoms with Gasteiger partial charge >= 0.3 is 6.18 Å². The fourth-order valence-electron chi connectivity index (χ4n) is 3.48. The van der Waals surface area contributed by atoms with Crippen molar-refractivity contribution in [3.8, 4) is 5.75 Å². The molecule has 2 aromatic rings. The van der Waals surface area contributed by atoms with Crippen LogP contribution in [0.3, 0.4) is 0 Å². The maximum atomic E-state index is 13.1. The summed E-state index contributed by atoms with van der Waals surface area (Å²) in [5.74, 6) is -0.207. The lowest BCUT2D eigenvalue weighted by Crippen LogP contribution is -2.47. The van der Waals surface area contributed by atoms with Gasteiger partial charge in [-0.15, -0.1) is 0 Å². The van der Waals surface area contributed by atoms with E-state index in [9.17, 15) is 18.0 Å². The zero-order chi connectivity index (χ0) is 19.8. The molecule has 0 aromatic heterocycles. The molecular weight excluding hydrogens is 355 g/mol. The molecule has 3 nitrogen and oxygen atoms in total. The highest BCUT2D eigenvalue weighted by Gasteiger charge is 2.41. The normalized spacial score (nSPS) is 16.8. The summed E-state index contributed by atoms with van der Waals surface area (Å²) < 4.78 is 44.4. The van der Waals surface area contributed by atoms with Crippen molar-refractivity contribution in [1.82, 2.24) is 4.90 Å². The lowest BCUT2D eigenvalue weighted by molar-refractivity contribution is -0.166. The Morgan fingerprint density at radius 1 is 1.15 bits per heavy atom. The van der Waals surface area contributed by atoms with Crippen molar-refractivity contribution in [2.24, 2.45) is 5.92 Å². The minimum atomic E-state index is -4.40. The van der Waals surface area contributed by atoms with Gasteiger partial charge in [0.05, 0.1) is 13.0 Å². The number of hydrogen-bond acceptors (Lipinski definition) is 2. The Hall–Kier alpha value is -2.24. The van der Waals surface area contributed by atoms with Gasteiger partial charge in [-0.25, -0.2) is 0 Å². The standard InChI is InChI=1S/C21H24F3NO2/c1-13(16-6-7-18-11-19(27-3)9-8-17(18)10-16)20(26)25(12-21(22,23)24)14(2)15-4-5-15/h6-11,13-15H,4-5,12H2,1-3H3/t13-,14-/m0/s1. The number of halogens is 3. The first kappa shape index (κ1) is 19.5. The van der Waals surface area contributed by atoms with Crippen LogP contribution in [0.25, 0.3) is 10.8 Å². The van der Waals surface area contributed by atoms with Crippen LogP contribution in [0.4, 0.5) is 13.2 Å². The average molecular weight is 379 g/mol. The third kappa shape index (κ3) is 4.54. The van der Waals surface area contributed by atoms with Crippen molar-refractivity contribution >= 4 is 16.7 Å². The highest BCUT2D eigenvalue weighted by atomic mass is 19.4. The molecule has 0 heterocycles. The maximum Gasteiger partial charge on any atom is 0.406 e. The van der Waals surface area contributed by atoms with E-state index in [0.29, 0.717) is 5.56 Å². The topological polar surface area (TPSA) is 29.5 Å².